The van der Waals surface area contributed by atoms with E-state index in [2.05, 4.69) is 13.8 Å². The molecule has 2 aliphatic carbocycles. The van der Waals surface area contributed by atoms with E-state index in [4.69, 9.17) is 0 Å². The van der Waals surface area contributed by atoms with E-state index in [1.165, 1.54) is 44.9 Å². The third-order valence-electron chi connectivity index (χ3n) is 6.31. The minimum absolute atomic E-state index is 1.09. The van der Waals surface area contributed by atoms with E-state index in [1.54, 1.807) is 44.9 Å². The van der Waals surface area contributed by atoms with Gasteiger partial charge < -0.3 is 0 Å². The van der Waals surface area contributed by atoms with Crippen molar-refractivity contribution in [2.75, 3.05) is 0 Å². The van der Waals surface area contributed by atoms with E-state index in [1.807, 2.05) is 0 Å². The molecule has 118 valence electrons. The Labute approximate surface area is 128 Å². The fourth-order valence-electron chi connectivity index (χ4n) is 5.10. The molecule has 0 N–H and O–H groups in total. The first-order valence-corrected chi connectivity index (χ1v) is 9.85. The first kappa shape index (κ1) is 16.4. The fourth-order valence-corrected chi connectivity index (χ4v) is 5.10. The van der Waals surface area contributed by atoms with Gasteiger partial charge in [0.05, 0.1) is 0 Å². The van der Waals surface area contributed by atoms with E-state index >= 15 is 0 Å². The summed E-state index contributed by atoms with van der Waals surface area (Å²) in [7, 11) is 0. The van der Waals surface area contributed by atoms with Gasteiger partial charge in [-0.05, 0) is 36.5 Å². The van der Waals surface area contributed by atoms with Crippen LogP contribution in [0.1, 0.15) is 104 Å². The summed E-state index contributed by atoms with van der Waals surface area (Å²) in [5, 5.41) is 0. The molecule has 4 unspecified atom stereocenters. The summed E-state index contributed by atoms with van der Waals surface area (Å²) in [5.74, 6) is 4.45. The van der Waals surface area contributed by atoms with Crippen LogP contribution in [0.2, 0.25) is 0 Å². The molecule has 0 nitrogen and oxygen atoms in total. The standard InChI is InChI=1S/C20H38/c1-3-5-7-8-11-18-12-9-13-19-15-14-17(10-6-4-2)16-20(18)19/h17-20H,3-16H2,1-2H3. The van der Waals surface area contributed by atoms with Crippen molar-refractivity contribution in [3.8, 4) is 0 Å². The molecule has 2 rings (SSSR count). The largest absolute Gasteiger partial charge is 0.0654 e. The molecular weight excluding hydrogens is 240 g/mol. The van der Waals surface area contributed by atoms with Crippen LogP contribution in [0, 0.1) is 23.7 Å². The summed E-state index contributed by atoms with van der Waals surface area (Å²) in [4.78, 5) is 0. The molecule has 0 aliphatic heterocycles. The Morgan fingerprint density at radius 2 is 1.60 bits per heavy atom. The molecule has 0 radical (unpaired) electrons. The molecule has 0 aromatic heterocycles. The van der Waals surface area contributed by atoms with Crippen molar-refractivity contribution < 1.29 is 0 Å². The lowest BCUT2D eigenvalue weighted by Gasteiger charge is -2.44. The summed E-state index contributed by atoms with van der Waals surface area (Å²) in [5.41, 5.74) is 0. The molecule has 2 aliphatic rings. The Morgan fingerprint density at radius 1 is 0.750 bits per heavy atom. The van der Waals surface area contributed by atoms with Crippen molar-refractivity contribution in [1.82, 2.24) is 0 Å². The number of hydrogen-bond acceptors (Lipinski definition) is 0. The second kappa shape index (κ2) is 9.11. The van der Waals surface area contributed by atoms with E-state index in [0.29, 0.717) is 0 Å². The Balaban J connectivity index is 1.79. The van der Waals surface area contributed by atoms with Gasteiger partial charge in [-0.3, -0.25) is 0 Å². The third kappa shape index (κ3) is 4.78. The lowest BCUT2D eigenvalue weighted by Crippen LogP contribution is -2.34. The van der Waals surface area contributed by atoms with Crippen LogP contribution in [-0.2, 0) is 0 Å². The van der Waals surface area contributed by atoms with Crippen LogP contribution < -0.4 is 0 Å². The monoisotopic (exact) mass is 278 g/mol. The Hall–Kier alpha value is 0. The van der Waals surface area contributed by atoms with Crippen molar-refractivity contribution >= 4 is 0 Å². The maximum atomic E-state index is 2.35. The molecule has 0 bridgehead atoms. The summed E-state index contributed by atoms with van der Waals surface area (Å²) in [6, 6.07) is 0. The lowest BCUT2D eigenvalue weighted by molar-refractivity contribution is 0.0646. The average Bonchev–Trinajstić information content (AvgIpc) is 2.49. The van der Waals surface area contributed by atoms with Crippen LogP contribution in [0.4, 0.5) is 0 Å². The SMILES string of the molecule is CCCCCCC1CCCC2CCC(CCCC)CC12. The van der Waals surface area contributed by atoms with Gasteiger partial charge in [0.25, 0.3) is 0 Å². The topological polar surface area (TPSA) is 0 Å². The number of hydrogen-bond donors (Lipinski definition) is 0. The van der Waals surface area contributed by atoms with Gasteiger partial charge in [-0.25, -0.2) is 0 Å². The molecule has 0 aromatic rings. The maximum Gasteiger partial charge on any atom is -0.0355 e. The number of fused-ring (bicyclic) bond motifs is 1. The van der Waals surface area contributed by atoms with E-state index in [9.17, 15) is 0 Å². The molecule has 2 fully saturated rings. The van der Waals surface area contributed by atoms with E-state index < -0.39 is 0 Å². The second-order valence-corrected chi connectivity index (χ2v) is 7.79. The first-order chi connectivity index (χ1) is 9.85. The zero-order valence-electron chi connectivity index (χ0n) is 14.2. The van der Waals surface area contributed by atoms with Gasteiger partial charge >= 0.3 is 0 Å². The quantitative estimate of drug-likeness (QED) is 0.420. The molecule has 0 aromatic carbocycles. The minimum Gasteiger partial charge on any atom is -0.0654 e. The summed E-state index contributed by atoms with van der Waals surface area (Å²) < 4.78 is 0. The van der Waals surface area contributed by atoms with Crippen LogP contribution in [0.5, 0.6) is 0 Å². The summed E-state index contributed by atoms with van der Waals surface area (Å²) in [6.45, 7) is 4.68. The van der Waals surface area contributed by atoms with Crippen LogP contribution in [0.15, 0.2) is 0 Å². The first-order valence-electron chi connectivity index (χ1n) is 9.85. The van der Waals surface area contributed by atoms with Gasteiger partial charge in [-0.15, -0.1) is 0 Å². The van der Waals surface area contributed by atoms with Gasteiger partial charge in [0.2, 0.25) is 0 Å². The second-order valence-electron chi connectivity index (χ2n) is 7.79. The third-order valence-corrected chi connectivity index (χ3v) is 6.31. The highest BCUT2D eigenvalue weighted by atomic mass is 14.4. The minimum atomic E-state index is 1.09. The van der Waals surface area contributed by atoms with E-state index in [-0.39, 0.29) is 0 Å². The Morgan fingerprint density at radius 3 is 2.40 bits per heavy atom. The molecule has 0 spiro atoms. The zero-order valence-corrected chi connectivity index (χ0v) is 14.2. The Kier molecular flexibility index (Phi) is 7.45. The predicted molar refractivity (Wildman–Crippen MR) is 89.9 cm³/mol. The zero-order chi connectivity index (χ0) is 14.2. The number of unbranched alkanes of at least 4 members (excludes halogenated alkanes) is 4. The molecule has 0 heterocycles. The highest BCUT2D eigenvalue weighted by molar-refractivity contribution is 4.88. The summed E-state index contributed by atoms with van der Waals surface area (Å²) >= 11 is 0. The molecule has 0 amide bonds. The van der Waals surface area contributed by atoms with Crippen molar-refractivity contribution in [3.05, 3.63) is 0 Å². The average molecular weight is 279 g/mol. The highest BCUT2D eigenvalue weighted by Gasteiger charge is 2.37. The summed E-state index contributed by atoms with van der Waals surface area (Å²) in [6.07, 6.45) is 21.2. The van der Waals surface area contributed by atoms with Crippen molar-refractivity contribution in [3.63, 3.8) is 0 Å². The molecule has 0 saturated heterocycles. The number of rotatable bonds is 8. The van der Waals surface area contributed by atoms with Crippen LogP contribution in [0.3, 0.4) is 0 Å². The van der Waals surface area contributed by atoms with Gasteiger partial charge in [-0.2, -0.15) is 0 Å². The molecular formula is C20H38. The van der Waals surface area contributed by atoms with Gasteiger partial charge in [0.15, 0.2) is 0 Å². The lowest BCUT2D eigenvalue weighted by atomic mass is 9.61. The molecule has 0 heteroatoms. The predicted octanol–water partition coefficient (Wildman–Crippen LogP) is 6.98. The van der Waals surface area contributed by atoms with Crippen molar-refractivity contribution in [1.29, 1.82) is 0 Å². The van der Waals surface area contributed by atoms with Gasteiger partial charge in [0.1, 0.15) is 0 Å². The smallest absolute Gasteiger partial charge is 0.0355 e. The molecule has 20 heavy (non-hydrogen) atoms. The fraction of sp³-hybridized carbons (Fsp3) is 1.00. The van der Waals surface area contributed by atoms with Crippen LogP contribution in [-0.4, -0.2) is 0 Å². The van der Waals surface area contributed by atoms with Gasteiger partial charge in [-0.1, -0.05) is 90.9 Å². The van der Waals surface area contributed by atoms with Crippen LogP contribution in [0.25, 0.3) is 0 Å². The highest BCUT2D eigenvalue weighted by Crippen LogP contribution is 2.48. The normalized spacial score (nSPS) is 33.9. The van der Waals surface area contributed by atoms with Crippen LogP contribution >= 0.6 is 0 Å². The maximum absolute atomic E-state index is 2.35. The van der Waals surface area contributed by atoms with Crippen molar-refractivity contribution in [2.45, 2.75) is 104 Å². The molecule has 2 saturated carbocycles. The van der Waals surface area contributed by atoms with Crippen molar-refractivity contribution in [2.24, 2.45) is 23.7 Å². The Bertz CT molecular complexity index is 244. The molecule has 4 atom stereocenters. The van der Waals surface area contributed by atoms with Gasteiger partial charge in [0, 0.05) is 0 Å². The van der Waals surface area contributed by atoms with E-state index in [0.717, 1.165) is 23.7 Å².